The van der Waals surface area contributed by atoms with E-state index in [0.29, 0.717) is 12.2 Å². The Kier molecular flexibility index (Phi) is 9.01. The first kappa shape index (κ1) is 21.1. The highest BCUT2D eigenvalue weighted by molar-refractivity contribution is 8.27. The number of esters is 1. The third kappa shape index (κ3) is 7.15. The first-order valence-electron chi connectivity index (χ1n) is 8.58. The molecular formula is C21H22O4S2. The zero-order valence-corrected chi connectivity index (χ0v) is 17.0. The van der Waals surface area contributed by atoms with Gasteiger partial charge in [-0.3, -0.25) is 4.79 Å². The Morgan fingerprint density at radius 3 is 2.37 bits per heavy atom. The lowest BCUT2D eigenvalue weighted by Gasteiger charge is -2.03. The van der Waals surface area contributed by atoms with Crippen molar-refractivity contribution in [3.05, 3.63) is 68.7 Å². The third-order valence-corrected chi connectivity index (χ3v) is 5.72. The van der Waals surface area contributed by atoms with Crippen LogP contribution in [0, 0.1) is 0 Å². The lowest BCUT2D eigenvalue weighted by Crippen LogP contribution is -2.03. The summed E-state index contributed by atoms with van der Waals surface area (Å²) in [6, 6.07) is 7.42. The molecule has 0 unspecified atom stereocenters. The lowest BCUT2D eigenvalue weighted by molar-refractivity contribution is -0.137. The van der Waals surface area contributed by atoms with Crippen LogP contribution in [0.4, 0.5) is 0 Å². The van der Waals surface area contributed by atoms with Crippen molar-refractivity contribution in [2.75, 3.05) is 13.7 Å². The van der Waals surface area contributed by atoms with Gasteiger partial charge in [-0.2, -0.15) is 0 Å². The van der Waals surface area contributed by atoms with Gasteiger partial charge < -0.3 is 9.47 Å². The number of methoxy groups -OCH3 is 1. The van der Waals surface area contributed by atoms with Gasteiger partial charge in [0.2, 0.25) is 0 Å². The van der Waals surface area contributed by atoms with Crippen molar-refractivity contribution in [1.29, 1.82) is 0 Å². The molecule has 0 spiro atoms. The number of ketones is 1. The summed E-state index contributed by atoms with van der Waals surface area (Å²) in [6.07, 6.45) is 7.89. The van der Waals surface area contributed by atoms with Crippen LogP contribution >= 0.6 is 23.5 Å². The second-order valence-electron chi connectivity index (χ2n) is 5.53. The second kappa shape index (κ2) is 11.5. The number of benzene rings is 1. The van der Waals surface area contributed by atoms with Crippen LogP contribution in [-0.2, 0) is 14.3 Å². The van der Waals surface area contributed by atoms with Crippen LogP contribution in [0.1, 0.15) is 25.3 Å². The molecule has 142 valence electrons. The molecule has 6 heteroatoms. The van der Waals surface area contributed by atoms with Crippen LogP contribution in [0.3, 0.4) is 0 Å². The van der Waals surface area contributed by atoms with Gasteiger partial charge in [0.1, 0.15) is 5.75 Å². The van der Waals surface area contributed by atoms with E-state index < -0.39 is 5.97 Å². The van der Waals surface area contributed by atoms with Gasteiger partial charge in [0.15, 0.2) is 5.78 Å². The molecule has 0 N–H and O–H groups in total. The van der Waals surface area contributed by atoms with E-state index in [1.54, 1.807) is 13.2 Å². The Morgan fingerprint density at radius 2 is 1.74 bits per heavy atom. The Balaban J connectivity index is 2.09. The minimum absolute atomic E-state index is 0.165. The van der Waals surface area contributed by atoms with E-state index in [0.717, 1.165) is 28.4 Å². The van der Waals surface area contributed by atoms with Crippen molar-refractivity contribution in [3.63, 3.8) is 0 Å². The number of rotatable bonds is 9. The number of thioether (sulfide) groups is 2. The van der Waals surface area contributed by atoms with Gasteiger partial charge in [-0.15, -0.1) is 0 Å². The van der Waals surface area contributed by atoms with E-state index in [-0.39, 0.29) is 5.78 Å². The molecule has 2 rings (SSSR count). The van der Waals surface area contributed by atoms with Crippen LogP contribution in [-0.4, -0.2) is 25.5 Å². The minimum Gasteiger partial charge on any atom is -0.497 e. The topological polar surface area (TPSA) is 52.6 Å². The van der Waals surface area contributed by atoms with Crippen molar-refractivity contribution in [2.45, 2.75) is 19.8 Å². The summed E-state index contributed by atoms with van der Waals surface area (Å²) >= 11 is 2.93. The molecule has 27 heavy (non-hydrogen) atoms. The first-order chi connectivity index (χ1) is 13.1. The zero-order chi connectivity index (χ0) is 19.5. The van der Waals surface area contributed by atoms with E-state index in [9.17, 15) is 9.59 Å². The Hall–Kier alpha value is -2.18. The Labute approximate surface area is 168 Å². The van der Waals surface area contributed by atoms with E-state index in [2.05, 4.69) is 0 Å². The van der Waals surface area contributed by atoms with Gasteiger partial charge >= 0.3 is 5.97 Å². The van der Waals surface area contributed by atoms with E-state index >= 15 is 0 Å². The third-order valence-electron chi connectivity index (χ3n) is 3.56. The average molecular weight is 403 g/mol. The monoisotopic (exact) mass is 402 g/mol. The van der Waals surface area contributed by atoms with Crippen molar-refractivity contribution in [1.82, 2.24) is 0 Å². The Bertz CT molecular complexity index is 764. The van der Waals surface area contributed by atoms with Crippen LogP contribution < -0.4 is 4.74 Å². The highest BCUT2D eigenvalue weighted by atomic mass is 32.2. The van der Waals surface area contributed by atoms with Gasteiger partial charge in [-0.1, -0.05) is 55.1 Å². The smallest absolute Gasteiger partial charge is 0.330 e. The molecule has 0 aliphatic carbocycles. The summed E-state index contributed by atoms with van der Waals surface area (Å²) in [6.45, 7) is 2.42. The molecule has 1 heterocycles. The number of unbranched alkanes of at least 4 members (excludes halogenated alkanes) is 1. The summed E-state index contributed by atoms with van der Waals surface area (Å²) in [5, 5.41) is 3.82. The van der Waals surface area contributed by atoms with Crippen LogP contribution in [0.2, 0.25) is 0 Å². The predicted octanol–water partition coefficient (Wildman–Crippen LogP) is 5.34. The van der Waals surface area contributed by atoms with E-state index in [1.165, 1.54) is 41.8 Å². The highest BCUT2D eigenvalue weighted by Gasteiger charge is 2.14. The molecule has 0 amide bonds. The fourth-order valence-electron chi connectivity index (χ4n) is 2.08. The molecule has 1 aliphatic rings. The number of carbonyl (C=O) groups excluding carboxylic acids is 2. The van der Waals surface area contributed by atoms with Crippen LogP contribution in [0.25, 0.3) is 6.08 Å². The first-order valence-corrected chi connectivity index (χ1v) is 10.3. The van der Waals surface area contributed by atoms with Crippen molar-refractivity contribution >= 4 is 41.4 Å². The van der Waals surface area contributed by atoms with Crippen molar-refractivity contribution in [3.8, 4) is 5.75 Å². The molecule has 0 fully saturated rings. The largest absolute Gasteiger partial charge is 0.497 e. The summed E-state index contributed by atoms with van der Waals surface area (Å²) in [4.78, 5) is 24.5. The van der Waals surface area contributed by atoms with Gasteiger partial charge in [-0.25, -0.2) is 4.79 Å². The number of carbonyl (C=O) groups is 2. The molecular weight excluding hydrogens is 380 g/mol. The minimum atomic E-state index is -0.436. The molecule has 0 radical (unpaired) electrons. The molecule has 0 aromatic heterocycles. The van der Waals surface area contributed by atoms with Crippen LogP contribution in [0.15, 0.2) is 63.1 Å². The number of allylic oxidation sites excluding steroid dienone is 3. The lowest BCUT2D eigenvalue weighted by atomic mass is 10.1. The quantitative estimate of drug-likeness (QED) is 0.316. The number of ether oxygens (including phenoxy) is 2. The van der Waals surface area contributed by atoms with Crippen molar-refractivity contribution in [2.24, 2.45) is 0 Å². The number of hydrogen-bond acceptors (Lipinski definition) is 6. The standard InChI is InChI=1S/C21H22O4S2/c1-3-4-13-25-20(23)12-10-18(21-26-14-15-27-21)19(22)11-7-16-5-8-17(24-2)9-6-16/h5-12,14-15H,3-4,13H2,1-2H3/b11-7+,12-10+. The van der Waals surface area contributed by atoms with Gasteiger partial charge in [-0.05, 0) is 47.1 Å². The molecule has 4 nitrogen and oxygen atoms in total. The van der Waals surface area contributed by atoms with Crippen LogP contribution in [0.5, 0.6) is 5.75 Å². The van der Waals surface area contributed by atoms with Crippen molar-refractivity contribution < 1.29 is 19.1 Å². The fourth-order valence-corrected chi connectivity index (χ4v) is 3.92. The molecule has 0 saturated heterocycles. The SMILES string of the molecule is CCCCOC(=O)/C=C/C(C(=O)/C=C/c1ccc(OC)cc1)=C1SC=CS1. The predicted molar refractivity (Wildman–Crippen MR) is 113 cm³/mol. The summed E-state index contributed by atoms with van der Waals surface area (Å²) in [5.41, 5.74) is 1.37. The summed E-state index contributed by atoms with van der Waals surface area (Å²) in [7, 11) is 1.61. The molecule has 0 saturated carbocycles. The fraction of sp³-hybridized carbons (Fsp3) is 0.238. The van der Waals surface area contributed by atoms with Gasteiger partial charge in [0.05, 0.1) is 18.0 Å². The maximum atomic E-state index is 12.7. The molecule has 0 bridgehead atoms. The molecule has 0 atom stereocenters. The van der Waals surface area contributed by atoms with Gasteiger partial charge in [0, 0.05) is 11.6 Å². The zero-order valence-electron chi connectivity index (χ0n) is 15.3. The normalized spacial score (nSPS) is 13.5. The maximum absolute atomic E-state index is 12.7. The number of hydrogen-bond donors (Lipinski definition) is 0. The molecule has 1 aromatic carbocycles. The summed E-state index contributed by atoms with van der Waals surface area (Å²) in [5.74, 6) is 0.159. The second-order valence-corrected chi connectivity index (χ2v) is 7.62. The van der Waals surface area contributed by atoms with E-state index in [1.807, 2.05) is 42.0 Å². The van der Waals surface area contributed by atoms with E-state index in [4.69, 9.17) is 9.47 Å². The van der Waals surface area contributed by atoms with Gasteiger partial charge in [0.25, 0.3) is 0 Å². The Morgan fingerprint density at radius 1 is 1.04 bits per heavy atom. The maximum Gasteiger partial charge on any atom is 0.330 e. The average Bonchev–Trinajstić information content (AvgIpc) is 3.21. The molecule has 1 aliphatic heterocycles. The molecule has 1 aromatic rings. The summed E-state index contributed by atoms with van der Waals surface area (Å²) < 4.78 is 11.1. The highest BCUT2D eigenvalue weighted by Crippen LogP contribution is 2.40.